The molecule has 1 fully saturated rings. The van der Waals surface area contributed by atoms with Crippen LogP contribution in [0.5, 0.6) is 0 Å². The molecule has 196 valence electrons. The first-order valence-electron chi connectivity index (χ1n) is 12.7. The van der Waals surface area contributed by atoms with Gasteiger partial charge in [0.2, 0.25) is 5.91 Å². The SMILES string of the molecule is O=C(C[C@H]1C(=O)OCN1C(=O)OCc1ccccc1)NC(c1ccccc1)(c1ccccc1)c1ccccc1. The molecule has 7 heteroatoms. The molecule has 39 heavy (non-hydrogen) atoms. The summed E-state index contributed by atoms with van der Waals surface area (Å²) in [4.78, 5) is 40.4. The number of carbonyl (C=O) groups is 3. The van der Waals surface area contributed by atoms with Crippen molar-refractivity contribution in [3.8, 4) is 0 Å². The van der Waals surface area contributed by atoms with Gasteiger partial charge in [0.1, 0.15) is 18.2 Å². The van der Waals surface area contributed by atoms with Crippen molar-refractivity contribution in [2.24, 2.45) is 0 Å². The summed E-state index contributed by atoms with van der Waals surface area (Å²) in [5.41, 5.74) is 2.32. The Labute approximate surface area is 227 Å². The molecule has 0 aliphatic carbocycles. The maximum atomic E-state index is 13.7. The molecule has 4 aromatic carbocycles. The maximum Gasteiger partial charge on any atom is 0.413 e. The average Bonchev–Trinajstić information content (AvgIpc) is 3.36. The van der Waals surface area contributed by atoms with Crippen LogP contribution in [0.1, 0.15) is 28.7 Å². The highest BCUT2D eigenvalue weighted by molar-refractivity contribution is 5.90. The third-order valence-corrected chi connectivity index (χ3v) is 6.76. The highest BCUT2D eigenvalue weighted by Gasteiger charge is 2.43. The molecule has 0 saturated carbocycles. The average molecular weight is 521 g/mol. The molecule has 4 aromatic rings. The maximum absolute atomic E-state index is 13.7. The summed E-state index contributed by atoms with van der Waals surface area (Å²) < 4.78 is 10.5. The van der Waals surface area contributed by atoms with E-state index in [1.807, 2.05) is 121 Å². The van der Waals surface area contributed by atoms with E-state index in [0.717, 1.165) is 27.2 Å². The molecule has 0 spiro atoms. The molecule has 1 aliphatic heterocycles. The molecule has 0 bridgehead atoms. The molecule has 1 atom stereocenters. The van der Waals surface area contributed by atoms with E-state index in [1.54, 1.807) is 0 Å². The Bertz CT molecular complexity index is 1320. The molecule has 1 aliphatic rings. The summed E-state index contributed by atoms with van der Waals surface area (Å²) >= 11 is 0. The Morgan fingerprint density at radius 2 is 1.23 bits per heavy atom. The predicted molar refractivity (Wildman–Crippen MR) is 145 cm³/mol. The molecular weight excluding hydrogens is 492 g/mol. The number of hydrogen-bond donors (Lipinski definition) is 1. The van der Waals surface area contributed by atoms with Gasteiger partial charge >= 0.3 is 12.1 Å². The van der Waals surface area contributed by atoms with Gasteiger partial charge in [-0.3, -0.25) is 9.69 Å². The summed E-state index contributed by atoms with van der Waals surface area (Å²) in [6, 6.07) is 37.1. The number of nitrogens with zero attached hydrogens (tertiary/aromatic N) is 1. The van der Waals surface area contributed by atoms with Crippen LogP contribution in [0.3, 0.4) is 0 Å². The van der Waals surface area contributed by atoms with E-state index in [2.05, 4.69) is 5.32 Å². The predicted octanol–water partition coefficient (Wildman–Crippen LogP) is 5.01. The fourth-order valence-electron chi connectivity index (χ4n) is 4.84. The normalized spacial score (nSPS) is 14.9. The van der Waals surface area contributed by atoms with Crippen LogP contribution < -0.4 is 5.32 Å². The van der Waals surface area contributed by atoms with Crippen molar-refractivity contribution in [1.82, 2.24) is 10.2 Å². The van der Waals surface area contributed by atoms with Gasteiger partial charge < -0.3 is 14.8 Å². The molecule has 2 amide bonds. The van der Waals surface area contributed by atoms with E-state index in [9.17, 15) is 14.4 Å². The zero-order valence-electron chi connectivity index (χ0n) is 21.2. The van der Waals surface area contributed by atoms with Crippen molar-refractivity contribution in [2.45, 2.75) is 24.6 Å². The number of carbonyl (C=O) groups excluding carboxylic acids is 3. The van der Waals surface area contributed by atoms with Crippen molar-refractivity contribution in [3.63, 3.8) is 0 Å². The number of amides is 2. The molecule has 0 radical (unpaired) electrons. The zero-order valence-corrected chi connectivity index (χ0v) is 21.2. The third-order valence-electron chi connectivity index (χ3n) is 6.76. The van der Waals surface area contributed by atoms with Crippen LogP contribution in [-0.4, -0.2) is 35.6 Å². The summed E-state index contributed by atoms with van der Waals surface area (Å²) in [7, 11) is 0. The zero-order chi connectivity index (χ0) is 27.1. The second-order valence-electron chi connectivity index (χ2n) is 9.22. The molecule has 1 saturated heterocycles. The van der Waals surface area contributed by atoms with E-state index >= 15 is 0 Å². The molecule has 1 N–H and O–H groups in total. The van der Waals surface area contributed by atoms with E-state index in [4.69, 9.17) is 9.47 Å². The number of esters is 1. The van der Waals surface area contributed by atoms with Crippen LogP contribution in [0, 0.1) is 0 Å². The van der Waals surface area contributed by atoms with Crippen molar-refractivity contribution < 1.29 is 23.9 Å². The highest BCUT2D eigenvalue weighted by Crippen LogP contribution is 2.37. The summed E-state index contributed by atoms with van der Waals surface area (Å²) in [6.07, 6.45) is -1.00. The van der Waals surface area contributed by atoms with Crippen LogP contribution in [0.2, 0.25) is 0 Å². The first-order valence-corrected chi connectivity index (χ1v) is 12.7. The fourth-order valence-corrected chi connectivity index (χ4v) is 4.84. The number of rotatable bonds is 8. The van der Waals surface area contributed by atoms with E-state index in [1.165, 1.54) is 0 Å². The van der Waals surface area contributed by atoms with Gasteiger partial charge in [0.25, 0.3) is 0 Å². The number of cyclic esters (lactones) is 1. The topological polar surface area (TPSA) is 84.9 Å². The van der Waals surface area contributed by atoms with Crippen LogP contribution in [0.25, 0.3) is 0 Å². The van der Waals surface area contributed by atoms with Gasteiger partial charge in [-0.25, -0.2) is 9.59 Å². The van der Waals surface area contributed by atoms with Crippen LogP contribution in [0.15, 0.2) is 121 Å². The standard InChI is InChI=1S/C32H28N2O5/c35-29(21-28-30(36)39-23-34(28)31(37)38-22-24-13-5-1-6-14-24)33-32(25-15-7-2-8-16-25,26-17-9-3-10-18-26)27-19-11-4-12-20-27/h1-20,28H,21-23H2,(H,33,35)/t28-/m0/s1. The summed E-state index contributed by atoms with van der Waals surface area (Å²) in [6.45, 7) is -0.228. The monoisotopic (exact) mass is 520 g/mol. The number of benzene rings is 4. The second kappa shape index (κ2) is 11.6. The number of ether oxygens (including phenoxy) is 2. The Morgan fingerprint density at radius 1 is 0.769 bits per heavy atom. The van der Waals surface area contributed by atoms with E-state index < -0.39 is 29.6 Å². The molecule has 0 aromatic heterocycles. The van der Waals surface area contributed by atoms with Gasteiger partial charge in [-0.15, -0.1) is 0 Å². The lowest BCUT2D eigenvalue weighted by molar-refractivity contribution is -0.140. The van der Waals surface area contributed by atoms with Crippen molar-refractivity contribution in [1.29, 1.82) is 0 Å². The van der Waals surface area contributed by atoms with Crippen LogP contribution in [0.4, 0.5) is 4.79 Å². The molecule has 0 unspecified atom stereocenters. The van der Waals surface area contributed by atoms with Gasteiger partial charge in [0.05, 0.1) is 6.42 Å². The van der Waals surface area contributed by atoms with Gasteiger partial charge in [0.15, 0.2) is 6.73 Å². The smallest absolute Gasteiger partial charge is 0.413 e. The first-order chi connectivity index (χ1) is 19.1. The summed E-state index contributed by atoms with van der Waals surface area (Å²) in [5, 5.41) is 3.22. The molecule has 7 nitrogen and oxygen atoms in total. The quantitative estimate of drug-likeness (QED) is 0.261. The minimum absolute atomic E-state index is 0.0441. The van der Waals surface area contributed by atoms with Gasteiger partial charge in [-0.2, -0.15) is 0 Å². The minimum Gasteiger partial charge on any atom is -0.444 e. The van der Waals surface area contributed by atoms with Gasteiger partial charge in [0, 0.05) is 0 Å². The molecule has 5 rings (SSSR count). The Morgan fingerprint density at radius 3 is 1.72 bits per heavy atom. The second-order valence-corrected chi connectivity index (χ2v) is 9.22. The Hall–Kier alpha value is -4.91. The lowest BCUT2D eigenvalue weighted by Gasteiger charge is -2.37. The van der Waals surface area contributed by atoms with Crippen LogP contribution >= 0.6 is 0 Å². The number of hydrogen-bond acceptors (Lipinski definition) is 5. The van der Waals surface area contributed by atoms with E-state index in [0.29, 0.717) is 0 Å². The van der Waals surface area contributed by atoms with E-state index in [-0.39, 0.29) is 19.8 Å². The van der Waals surface area contributed by atoms with Crippen molar-refractivity contribution >= 4 is 18.0 Å². The highest BCUT2D eigenvalue weighted by atomic mass is 16.6. The van der Waals surface area contributed by atoms with Crippen molar-refractivity contribution in [2.75, 3.05) is 6.73 Å². The largest absolute Gasteiger partial charge is 0.444 e. The minimum atomic E-state index is -1.10. The lowest BCUT2D eigenvalue weighted by Crippen LogP contribution is -2.50. The Balaban J connectivity index is 1.42. The van der Waals surface area contributed by atoms with Gasteiger partial charge in [-0.1, -0.05) is 121 Å². The fraction of sp³-hybridized carbons (Fsp3) is 0.156. The van der Waals surface area contributed by atoms with Gasteiger partial charge in [-0.05, 0) is 22.3 Å². The van der Waals surface area contributed by atoms with Crippen LogP contribution in [-0.2, 0) is 31.2 Å². The first kappa shape index (κ1) is 25.7. The molecule has 1 heterocycles. The Kier molecular flexibility index (Phi) is 7.68. The lowest BCUT2D eigenvalue weighted by atomic mass is 9.77. The third kappa shape index (κ3) is 5.52. The number of nitrogens with one attached hydrogen (secondary N) is 1. The van der Waals surface area contributed by atoms with Crippen molar-refractivity contribution in [3.05, 3.63) is 144 Å². The molecular formula is C32H28N2O5. The summed E-state index contributed by atoms with van der Waals surface area (Å²) in [5.74, 6) is -1.07.